The molecule has 2 amide bonds. The number of aryl methyl sites for hydroxylation is 1. The van der Waals surface area contributed by atoms with Crippen molar-refractivity contribution in [2.75, 3.05) is 6.54 Å². The molecule has 3 N–H and O–H groups in total. The van der Waals surface area contributed by atoms with Gasteiger partial charge in [0.2, 0.25) is 0 Å². The minimum Gasteiger partial charge on any atom is -0.336 e. The fraction of sp³-hybridized carbons (Fsp3) is 0.130. The third kappa shape index (κ3) is 5.99. The van der Waals surface area contributed by atoms with Crippen LogP contribution in [0, 0.1) is 0 Å². The number of allylic oxidation sites excluding steroid dienone is 2. The van der Waals surface area contributed by atoms with Gasteiger partial charge >= 0.3 is 6.03 Å². The standard InChI is InChI=1S/C23H24FN5O2S/c1-2-3-16-28(24)23(30)26-15-7-10-19-17-22(18-8-5-4-6-9-18)29(27-19)20-11-13-21(14-12-20)32(25)31/h2-6,8-9,11-14,16-17H,1,7,10,15,25H2,(H,26,30)/b16-3+. The third-order valence-corrected chi connectivity index (χ3v) is 5.31. The average Bonchev–Trinajstić information content (AvgIpc) is 3.25. The van der Waals surface area contributed by atoms with Crippen molar-refractivity contribution < 1.29 is 13.5 Å². The van der Waals surface area contributed by atoms with E-state index in [2.05, 4.69) is 11.9 Å². The van der Waals surface area contributed by atoms with Crippen LogP contribution in [0.25, 0.3) is 16.9 Å². The summed E-state index contributed by atoms with van der Waals surface area (Å²) in [6.45, 7) is 3.72. The van der Waals surface area contributed by atoms with Gasteiger partial charge in [0.05, 0.1) is 22.0 Å². The predicted molar refractivity (Wildman–Crippen MR) is 124 cm³/mol. The number of halogens is 1. The Morgan fingerprint density at radius 3 is 2.59 bits per heavy atom. The minimum absolute atomic E-state index is 0.0258. The summed E-state index contributed by atoms with van der Waals surface area (Å²) in [5.41, 5.74) is 3.52. The Labute approximate surface area is 188 Å². The molecule has 1 atom stereocenters. The van der Waals surface area contributed by atoms with Gasteiger partial charge in [-0.25, -0.2) is 18.8 Å². The molecule has 166 valence electrons. The van der Waals surface area contributed by atoms with Crippen molar-refractivity contribution in [3.63, 3.8) is 0 Å². The SMILES string of the molecule is C=C/C=C/N(F)C(=O)NCCCc1cc(-c2ccccc2)n(-c2ccc(S(N)=O)cc2)n1. The number of aromatic nitrogens is 2. The van der Waals surface area contributed by atoms with Gasteiger partial charge in [-0.2, -0.15) is 5.10 Å². The molecule has 1 aromatic heterocycles. The van der Waals surface area contributed by atoms with Gasteiger partial charge in [0.25, 0.3) is 0 Å². The van der Waals surface area contributed by atoms with E-state index >= 15 is 0 Å². The van der Waals surface area contributed by atoms with E-state index in [1.807, 2.05) is 53.2 Å². The molecule has 0 bridgehead atoms. The summed E-state index contributed by atoms with van der Waals surface area (Å²) in [5.74, 6) is 0. The Kier molecular flexibility index (Phi) is 8.07. The molecular weight excluding hydrogens is 429 g/mol. The number of carbonyl (C=O) groups excluding carboxylic acids is 1. The number of benzene rings is 2. The second-order valence-electron chi connectivity index (χ2n) is 6.81. The summed E-state index contributed by atoms with van der Waals surface area (Å²) >= 11 is 0. The molecule has 0 aliphatic heterocycles. The van der Waals surface area contributed by atoms with E-state index in [9.17, 15) is 13.5 Å². The highest BCUT2D eigenvalue weighted by Gasteiger charge is 2.13. The summed E-state index contributed by atoms with van der Waals surface area (Å²) in [6.07, 6.45) is 4.87. The normalized spacial score (nSPS) is 11.9. The van der Waals surface area contributed by atoms with Gasteiger partial charge in [0.15, 0.2) is 0 Å². The van der Waals surface area contributed by atoms with Crippen LogP contribution in [0.4, 0.5) is 9.28 Å². The van der Waals surface area contributed by atoms with Crippen LogP contribution in [0.15, 0.2) is 90.5 Å². The van der Waals surface area contributed by atoms with Crippen LogP contribution < -0.4 is 10.5 Å². The van der Waals surface area contributed by atoms with Crippen molar-refractivity contribution in [2.45, 2.75) is 17.7 Å². The number of hydrogen-bond donors (Lipinski definition) is 2. The van der Waals surface area contributed by atoms with Gasteiger partial charge < -0.3 is 5.32 Å². The Balaban J connectivity index is 1.73. The first kappa shape index (κ1) is 23.1. The zero-order valence-electron chi connectivity index (χ0n) is 17.4. The molecule has 0 fully saturated rings. The minimum atomic E-state index is -1.55. The molecule has 0 radical (unpaired) electrons. The van der Waals surface area contributed by atoms with Gasteiger partial charge in [-0.3, -0.25) is 0 Å². The summed E-state index contributed by atoms with van der Waals surface area (Å²) < 4.78 is 26.8. The monoisotopic (exact) mass is 453 g/mol. The molecule has 2 aromatic carbocycles. The first-order valence-electron chi connectivity index (χ1n) is 9.92. The molecular formula is C23H24FN5O2S. The fourth-order valence-corrected chi connectivity index (χ4v) is 3.43. The molecule has 7 nitrogen and oxygen atoms in total. The molecule has 0 aliphatic carbocycles. The highest BCUT2D eigenvalue weighted by atomic mass is 32.2. The highest BCUT2D eigenvalue weighted by Crippen LogP contribution is 2.25. The molecule has 1 heterocycles. The van der Waals surface area contributed by atoms with Crippen LogP contribution in [0.3, 0.4) is 0 Å². The van der Waals surface area contributed by atoms with Crippen molar-refractivity contribution in [3.8, 4) is 16.9 Å². The Morgan fingerprint density at radius 1 is 1.22 bits per heavy atom. The van der Waals surface area contributed by atoms with E-state index in [0.717, 1.165) is 28.8 Å². The van der Waals surface area contributed by atoms with Gasteiger partial charge in [0.1, 0.15) is 11.0 Å². The van der Waals surface area contributed by atoms with Crippen molar-refractivity contribution >= 4 is 17.0 Å². The van der Waals surface area contributed by atoms with Crippen molar-refractivity contribution in [1.29, 1.82) is 0 Å². The third-order valence-electron chi connectivity index (χ3n) is 4.58. The summed E-state index contributed by atoms with van der Waals surface area (Å²) in [6, 6.07) is 18.0. The lowest BCUT2D eigenvalue weighted by Crippen LogP contribution is -2.32. The lowest BCUT2D eigenvalue weighted by Gasteiger charge is -2.08. The first-order valence-corrected chi connectivity index (χ1v) is 11.1. The molecule has 0 saturated carbocycles. The summed E-state index contributed by atoms with van der Waals surface area (Å²) in [7, 11) is -1.55. The molecule has 9 heteroatoms. The van der Waals surface area contributed by atoms with E-state index in [4.69, 9.17) is 10.2 Å². The fourth-order valence-electron chi connectivity index (χ4n) is 3.03. The molecule has 0 spiro atoms. The van der Waals surface area contributed by atoms with Gasteiger partial charge in [-0.05, 0) is 49.2 Å². The van der Waals surface area contributed by atoms with E-state index in [1.165, 1.54) is 12.2 Å². The maximum absolute atomic E-state index is 13.5. The molecule has 0 saturated heterocycles. The van der Waals surface area contributed by atoms with E-state index < -0.39 is 17.0 Å². The molecule has 1 unspecified atom stereocenters. The zero-order valence-corrected chi connectivity index (χ0v) is 18.2. The number of nitrogens with two attached hydrogens (primary N) is 1. The van der Waals surface area contributed by atoms with Crippen molar-refractivity contribution in [3.05, 3.63) is 91.3 Å². The zero-order chi connectivity index (χ0) is 22.9. The maximum Gasteiger partial charge on any atom is 0.349 e. The quantitative estimate of drug-likeness (QED) is 0.291. The number of hydrogen-bond acceptors (Lipinski definition) is 3. The number of urea groups is 1. The van der Waals surface area contributed by atoms with E-state index in [0.29, 0.717) is 24.3 Å². The number of nitrogens with zero attached hydrogens (tertiary/aromatic N) is 3. The number of rotatable bonds is 9. The van der Waals surface area contributed by atoms with Crippen LogP contribution in [0.1, 0.15) is 12.1 Å². The number of nitrogens with one attached hydrogen (secondary N) is 1. The second-order valence-corrected chi connectivity index (χ2v) is 7.88. The Morgan fingerprint density at radius 2 is 1.94 bits per heavy atom. The Hall–Kier alpha value is -3.56. The van der Waals surface area contributed by atoms with E-state index in [-0.39, 0.29) is 5.12 Å². The molecule has 3 aromatic rings. The first-order chi connectivity index (χ1) is 15.5. The molecule has 32 heavy (non-hydrogen) atoms. The van der Waals surface area contributed by atoms with Gasteiger partial charge in [-0.1, -0.05) is 47.5 Å². The van der Waals surface area contributed by atoms with E-state index in [1.54, 1.807) is 12.1 Å². The van der Waals surface area contributed by atoms with Crippen LogP contribution >= 0.6 is 0 Å². The van der Waals surface area contributed by atoms with Gasteiger partial charge in [-0.15, -0.1) is 5.12 Å². The molecule has 3 rings (SSSR count). The average molecular weight is 454 g/mol. The van der Waals surface area contributed by atoms with Crippen LogP contribution in [0.5, 0.6) is 0 Å². The largest absolute Gasteiger partial charge is 0.349 e. The van der Waals surface area contributed by atoms with Crippen LogP contribution in [0.2, 0.25) is 0 Å². The lowest BCUT2D eigenvalue weighted by molar-refractivity contribution is 0.115. The number of amides is 2. The second kappa shape index (κ2) is 11.2. The van der Waals surface area contributed by atoms with Crippen LogP contribution in [-0.2, 0) is 17.4 Å². The van der Waals surface area contributed by atoms with Crippen molar-refractivity contribution in [1.82, 2.24) is 20.2 Å². The predicted octanol–water partition coefficient (Wildman–Crippen LogP) is 4.05. The maximum atomic E-state index is 13.5. The summed E-state index contributed by atoms with van der Waals surface area (Å²) in [5, 5.41) is 12.6. The number of carbonyl (C=O) groups is 1. The van der Waals surface area contributed by atoms with Crippen LogP contribution in [-0.4, -0.2) is 31.7 Å². The highest BCUT2D eigenvalue weighted by molar-refractivity contribution is 7.82. The topological polar surface area (TPSA) is 93.3 Å². The molecule has 0 aliphatic rings. The Bertz CT molecular complexity index is 1110. The van der Waals surface area contributed by atoms with Crippen molar-refractivity contribution in [2.24, 2.45) is 5.14 Å². The lowest BCUT2D eigenvalue weighted by atomic mass is 10.1. The summed E-state index contributed by atoms with van der Waals surface area (Å²) in [4.78, 5) is 12.2. The van der Waals surface area contributed by atoms with Gasteiger partial charge in [0, 0.05) is 18.3 Å². The smallest absolute Gasteiger partial charge is 0.336 e.